The third-order valence-corrected chi connectivity index (χ3v) is 5.17. The van der Waals surface area contributed by atoms with Crippen LogP contribution in [0.3, 0.4) is 0 Å². The predicted molar refractivity (Wildman–Crippen MR) is 115 cm³/mol. The van der Waals surface area contributed by atoms with Crippen LogP contribution in [0.15, 0.2) is 47.4 Å². The van der Waals surface area contributed by atoms with E-state index in [2.05, 4.69) is 5.32 Å². The van der Waals surface area contributed by atoms with Crippen molar-refractivity contribution < 1.29 is 19.1 Å². The zero-order valence-electron chi connectivity index (χ0n) is 16.7. The van der Waals surface area contributed by atoms with E-state index in [1.165, 1.54) is 4.90 Å². The fourth-order valence-electron chi connectivity index (χ4n) is 3.12. The van der Waals surface area contributed by atoms with Gasteiger partial charge in [-0.25, -0.2) is 0 Å². The lowest BCUT2D eigenvalue weighted by Crippen LogP contribution is -2.47. The second kappa shape index (κ2) is 9.46. The van der Waals surface area contributed by atoms with Gasteiger partial charge < -0.3 is 10.1 Å². The molecule has 0 saturated carbocycles. The first-order valence-corrected chi connectivity index (χ1v) is 10.4. The molecule has 0 aliphatic carbocycles. The number of hydrogen-bond acceptors (Lipinski definition) is 6. The van der Waals surface area contributed by atoms with Crippen LogP contribution in [0.2, 0.25) is 0 Å². The molecule has 0 spiro atoms. The Bertz CT molecular complexity index is 1010. The summed E-state index contributed by atoms with van der Waals surface area (Å²) >= 11 is 1.03. The molecule has 2 aromatic carbocycles. The van der Waals surface area contributed by atoms with Crippen LogP contribution in [0.5, 0.6) is 5.75 Å². The summed E-state index contributed by atoms with van der Waals surface area (Å²) in [5.41, 5.74) is 1.46. The van der Waals surface area contributed by atoms with Crippen molar-refractivity contribution in [2.75, 3.05) is 16.8 Å². The van der Waals surface area contributed by atoms with Crippen molar-refractivity contribution >= 4 is 40.7 Å². The zero-order chi connectivity index (χ0) is 21.7. The van der Waals surface area contributed by atoms with E-state index in [9.17, 15) is 14.4 Å². The lowest BCUT2D eigenvalue weighted by Gasteiger charge is -2.32. The predicted octanol–water partition coefficient (Wildman–Crippen LogP) is 4.00. The average molecular weight is 423 g/mol. The number of carbonyl (C=O) groups excluding carboxylic acids is 3. The summed E-state index contributed by atoms with van der Waals surface area (Å²) < 4.78 is 5.64. The molecule has 7 nitrogen and oxygen atoms in total. The van der Waals surface area contributed by atoms with Gasteiger partial charge >= 0.3 is 0 Å². The molecular weight excluding hydrogens is 402 g/mol. The normalized spacial score (nSPS) is 15.0. The lowest BCUT2D eigenvalue weighted by atomic mass is 10.0. The SMILES string of the molecule is CCCC(=O)c1ccc2c(c1)N(CC(=O)Nc1ccc(SC#N)cc1)C(=O)C(C)O2. The minimum absolute atomic E-state index is 0.0221. The van der Waals surface area contributed by atoms with Crippen LogP contribution in [-0.4, -0.2) is 30.2 Å². The largest absolute Gasteiger partial charge is 0.479 e. The molecule has 8 heteroatoms. The Morgan fingerprint density at radius 1 is 1.23 bits per heavy atom. The first-order chi connectivity index (χ1) is 14.4. The van der Waals surface area contributed by atoms with Gasteiger partial charge in [0.1, 0.15) is 17.7 Å². The molecule has 3 rings (SSSR count). The van der Waals surface area contributed by atoms with Gasteiger partial charge in [0.05, 0.1) is 5.69 Å². The summed E-state index contributed by atoms with van der Waals surface area (Å²) in [7, 11) is 0. The Labute approximate surface area is 179 Å². The summed E-state index contributed by atoms with van der Waals surface area (Å²) in [6.45, 7) is 3.34. The van der Waals surface area contributed by atoms with Crippen molar-refractivity contribution in [3.05, 3.63) is 48.0 Å². The van der Waals surface area contributed by atoms with E-state index in [4.69, 9.17) is 10.00 Å². The highest BCUT2D eigenvalue weighted by Crippen LogP contribution is 2.35. The molecule has 1 heterocycles. The number of Topliss-reactive ketones (excluding diaryl/α,β-unsaturated/α-hetero) is 1. The average Bonchev–Trinajstić information content (AvgIpc) is 2.73. The van der Waals surface area contributed by atoms with Crippen LogP contribution in [0.1, 0.15) is 37.0 Å². The zero-order valence-corrected chi connectivity index (χ0v) is 17.5. The number of rotatable bonds is 7. The van der Waals surface area contributed by atoms with E-state index in [1.54, 1.807) is 49.4 Å². The van der Waals surface area contributed by atoms with E-state index in [0.29, 0.717) is 29.1 Å². The topological polar surface area (TPSA) is 99.5 Å². The van der Waals surface area contributed by atoms with Gasteiger partial charge in [0, 0.05) is 22.6 Å². The van der Waals surface area contributed by atoms with Crippen molar-refractivity contribution in [2.45, 2.75) is 37.7 Å². The van der Waals surface area contributed by atoms with Crippen molar-refractivity contribution in [1.82, 2.24) is 0 Å². The summed E-state index contributed by atoms with van der Waals surface area (Å²) in [6, 6.07) is 11.8. The Kier molecular flexibility index (Phi) is 6.75. The smallest absolute Gasteiger partial charge is 0.268 e. The van der Waals surface area contributed by atoms with Gasteiger partial charge in [0.25, 0.3) is 5.91 Å². The number of carbonyl (C=O) groups is 3. The van der Waals surface area contributed by atoms with E-state index < -0.39 is 6.10 Å². The van der Waals surface area contributed by atoms with Gasteiger partial charge in [0.2, 0.25) is 5.91 Å². The van der Waals surface area contributed by atoms with E-state index >= 15 is 0 Å². The maximum Gasteiger partial charge on any atom is 0.268 e. The number of nitriles is 1. The summed E-state index contributed by atoms with van der Waals surface area (Å²) in [6.07, 6.45) is 0.398. The third-order valence-electron chi connectivity index (χ3n) is 4.57. The second-order valence-corrected chi connectivity index (χ2v) is 7.66. The fourth-order valence-corrected chi connectivity index (χ4v) is 3.50. The first-order valence-electron chi connectivity index (χ1n) is 9.54. The second-order valence-electron chi connectivity index (χ2n) is 6.81. The van der Waals surface area contributed by atoms with Crippen molar-refractivity contribution in [2.24, 2.45) is 0 Å². The Balaban J connectivity index is 1.80. The molecule has 0 bridgehead atoms. The van der Waals surface area contributed by atoms with Gasteiger partial charge in [0.15, 0.2) is 11.9 Å². The molecule has 1 atom stereocenters. The van der Waals surface area contributed by atoms with Crippen LogP contribution in [0, 0.1) is 10.7 Å². The molecule has 30 heavy (non-hydrogen) atoms. The molecule has 0 radical (unpaired) electrons. The van der Waals surface area contributed by atoms with Gasteiger partial charge in [-0.05, 0) is 67.6 Å². The van der Waals surface area contributed by atoms with E-state index in [-0.39, 0.29) is 24.1 Å². The number of nitrogens with zero attached hydrogens (tertiary/aromatic N) is 2. The highest BCUT2D eigenvalue weighted by atomic mass is 32.2. The number of thioether (sulfide) groups is 1. The van der Waals surface area contributed by atoms with E-state index in [1.807, 2.05) is 12.3 Å². The number of ketones is 1. The number of ether oxygens (including phenoxy) is 1. The number of benzene rings is 2. The molecule has 0 saturated heterocycles. The molecule has 1 aliphatic rings. The van der Waals surface area contributed by atoms with Crippen LogP contribution in [-0.2, 0) is 9.59 Å². The third kappa shape index (κ3) is 4.81. The lowest BCUT2D eigenvalue weighted by molar-refractivity contribution is -0.127. The van der Waals surface area contributed by atoms with Crippen molar-refractivity contribution in [3.8, 4) is 11.2 Å². The standard InChI is InChI=1S/C22H21N3O4S/c1-3-4-19(26)15-5-10-20-18(11-15)25(22(28)14(2)29-20)12-21(27)24-16-6-8-17(9-7-16)30-13-23/h5-11,14H,3-4,12H2,1-2H3,(H,24,27). The van der Waals surface area contributed by atoms with Crippen LogP contribution < -0.4 is 15.0 Å². The highest BCUT2D eigenvalue weighted by molar-refractivity contribution is 8.03. The number of nitrogens with one attached hydrogen (secondary N) is 1. The molecule has 1 aliphatic heterocycles. The fraction of sp³-hybridized carbons (Fsp3) is 0.273. The maximum absolute atomic E-state index is 12.7. The van der Waals surface area contributed by atoms with Gasteiger partial charge in [-0.15, -0.1) is 0 Å². The molecule has 2 aromatic rings. The summed E-state index contributed by atoms with van der Waals surface area (Å²) in [5, 5.41) is 13.4. The molecule has 1 N–H and O–H groups in total. The molecule has 154 valence electrons. The van der Waals surface area contributed by atoms with Crippen LogP contribution in [0.25, 0.3) is 0 Å². The molecular formula is C22H21N3O4S. The van der Waals surface area contributed by atoms with Gasteiger partial charge in [-0.1, -0.05) is 6.92 Å². The first kappa shape index (κ1) is 21.4. The van der Waals surface area contributed by atoms with Gasteiger partial charge in [-0.2, -0.15) is 5.26 Å². The Morgan fingerprint density at radius 2 is 1.97 bits per heavy atom. The molecule has 0 fully saturated rings. The quantitative estimate of drug-likeness (QED) is 0.411. The number of fused-ring (bicyclic) bond motifs is 1. The number of thiocyanates is 1. The minimum atomic E-state index is -0.732. The summed E-state index contributed by atoms with van der Waals surface area (Å²) in [5.74, 6) is -0.292. The van der Waals surface area contributed by atoms with Gasteiger partial charge in [-0.3, -0.25) is 19.3 Å². The number of hydrogen-bond donors (Lipinski definition) is 1. The Morgan fingerprint density at radius 3 is 2.63 bits per heavy atom. The van der Waals surface area contributed by atoms with Crippen molar-refractivity contribution in [3.63, 3.8) is 0 Å². The molecule has 1 unspecified atom stereocenters. The molecule has 2 amide bonds. The number of anilines is 2. The summed E-state index contributed by atoms with van der Waals surface area (Å²) in [4.78, 5) is 39.7. The maximum atomic E-state index is 12.7. The van der Waals surface area contributed by atoms with Crippen molar-refractivity contribution in [1.29, 1.82) is 5.26 Å². The monoisotopic (exact) mass is 423 g/mol. The number of amides is 2. The van der Waals surface area contributed by atoms with Crippen LogP contribution in [0.4, 0.5) is 11.4 Å². The van der Waals surface area contributed by atoms with E-state index in [0.717, 1.165) is 23.1 Å². The highest BCUT2D eigenvalue weighted by Gasteiger charge is 2.33. The Hall–Kier alpha value is -3.31. The van der Waals surface area contributed by atoms with Crippen LogP contribution >= 0.6 is 11.8 Å². The minimum Gasteiger partial charge on any atom is -0.479 e. The molecule has 0 aromatic heterocycles.